The summed E-state index contributed by atoms with van der Waals surface area (Å²) in [5, 5.41) is 5.01. The molecule has 132 valence electrons. The summed E-state index contributed by atoms with van der Waals surface area (Å²) in [4.78, 5) is 27.6. The van der Waals surface area contributed by atoms with Crippen LogP contribution in [0.15, 0.2) is 42.7 Å². The van der Waals surface area contributed by atoms with E-state index in [1.165, 1.54) is 6.92 Å². The molecule has 0 aliphatic heterocycles. The number of carbonyl (C=O) groups excluding carboxylic acids is 2. The molecule has 26 heavy (non-hydrogen) atoms. The van der Waals surface area contributed by atoms with Gasteiger partial charge in [-0.2, -0.15) is 5.10 Å². The maximum absolute atomic E-state index is 11.9. The van der Waals surface area contributed by atoms with Crippen molar-refractivity contribution in [2.24, 2.45) is 5.73 Å². The molecule has 2 N–H and O–H groups in total. The zero-order valence-electron chi connectivity index (χ0n) is 14.4. The number of hydrogen-bond donors (Lipinski definition) is 1. The number of carbonyl (C=O) groups is 2. The van der Waals surface area contributed by atoms with Gasteiger partial charge in [0.1, 0.15) is 11.5 Å². The zero-order valence-corrected chi connectivity index (χ0v) is 15.1. The van der Waals surface area contributed by atoms with E-state index in [1.807, 2.05) is 13.0 Å². The van der Waals surface area contributed by atoms with E-state index in [0.29, 0.717) is 22.0 Å². The van der Waals surface area contributed by atoms with Crippen LogP contribution in [0.2, 0.25) is 5.02 Å². The van der Waals surface area contributed by atoms with Crippen molar-refractivity contribution in [2.75, 3.05) is 0 Å². The molecule has 2 heterocycles. The predicted molar refractivity (Wildman–Crippen MR) is 99.4 cm³/mol. The lowest BCUT2D eigenvalue weighted by Crippen LogP contribution is -2.11. The van der Waals surface area contributed by atoms with E-state index >= 15 is 0 Å². The Kier molecular flexibility index (Phi) is 4.86. The molecule has 1 amide bonds. The third-order valence-corrected chi connectivity index (χ3v) is 4.25. The van der Waals surface area contributed by atoms with E-state index in [0.717, 1.165) is 11.3 Å². The molecule has 0 aliphatic rings. The number of ketones is 1. The Hall–Kier alpha value is -2.99. The summed E-state index contributed by atoms with van der Waals surface area (Å²) in [6.45, 7) is 3.39. The molecule has 0 atom stereocenters. The summed E-state index contributed by atoms with van der Waals surface area (Å²) in [5.41, 5.74) is 9.03. The summed E-state index contributed by atoms with van der Waals surface area (Å²) >= 11 is 6.26. The van der Waals surface area contributed by atoms with Crippen molar-refractivity contribution in [3.63, 3.8) is 0 Å². The van der Waals surface area contributed by atoms with E-state index in [-0.39, 0.29) is 17.8 Å². The van der Waals surface area contributed by atoms with Gasteiger partial charge in [0.15, 0.2) is 0 Å². The van der Waals surface area contributed by atoms with Crippen molar-refractivity contribution in [3.8, 4) is 16.9 Å². The van der Waals surface area contributed by atoms with Gasteiger partial charge in [-0.3, -0.25) is 14.6 Å². The van der Waals surface area contributed by atoms with E-state index in [9.17, 15) is 9.59 Å². The number of nitrogens with zero attached hydrogens (tertiary/aromatic N) is 3. The first-order valence-corrected chi connectivity index (χ1v) is 8.34. The average molecular weight is 369 g/mol. The van der Waals surface area contributed by atoms with Gasteiger partial charge in [0, 0.05) is 30.1 Å². The maximum Gasteiger partial charge on any atom is 0.252 e. The largest absolute Gasteiger partial charge is 0.365 e. The first-order chi connectivity index (χ1) is 12.4. The number of Topliss-reactive ketones (excluding diaryl/α,β-unsaturated/α-hetero) is 1. The number of pyridine rings is 1. The lowest BCUT2D eigenvalue weighted by molar-refractivity contribution is -0.116. The fourth-order valence-electron chi connectivity index (χ4n) is 2.68. The highest BCUT2D eigenvalue weighted by molar-refractivity contribution is 6.33. The molecule has 6 nitrogen and oxygen atoms in total. The summed E-state index contributed by atoms with van der Waals surface area (Å²) in [5.74, 6) is -0.579. The van der Waals surface area contributed by atoms with Crippen LogP contribution in [0.5, 0.6) is 0 Å². The number of rotatable bonds is 5. The number of halogens is 1. The van der Waals surface area contributed by atoms with Crippen molar-refractivity contribution in [1.82, 2.24) is 14.8 Å². The second kappa shape index (κ2) is 7.09. The minimum absolute atomic E-state index is 0.0161. The number of primary amides is 1. The zero-order chi connectivity index (χ0) is 18.8. The fourth-order valence-corrected chi connectivity index (χ4v) is 2.91. The van der Waals surface area contributed by atoms with Gasteiger partial charge in [-0.05, 0) is 31.5 Å². The molecule has 3 aromatic rings. The van der Waals surface area contributed by atoms with Gasteiger partial charge in [-0.1, -0.05) is 29.8 Å². The Bertz CT molecular complexity index is 1010. The number of amides is 1. The summed E-state index contributed by atoms with van der Waals surface area (Å²) < 4.78 is 1.57. The van der Waals surface area contributed by atoms with Crippen LogP contribution in [0.4, 0.5) is 0 Å². The Morgan fingerprint density at radius 3 is 2.65 bits per heavy atom. The van der Waals surface area contributed by atoms with Gasteiger partial charge >= 0.3 is 0 Å². The molecule has 7 heteroatoms. The highest BCUT2D eigenvalue weighted by Crippen LogP contribution is 2.30. The molecule has 0 radical (unpaired) electrons. The highest BCUT2D eigenvalue weighted by atomic mass is 35.5. The summed E-state index contributed by atoms with van der Waals surface area (Å²) in [6, 6.07) is 8.90. The molecule has 0 spiro atoms. The molecular formula is C19H17ClN4O2. The lowest BCUT2D eigenvalue weighted by Gasteiger charge is -2.08. The first-order valence-electron chi connectivity index (χ1n) is 7.96. The first kappa shape index (κ1) is 17.8. The number of benzene rings is 1. The minimum Gasteiger partial charge on any atom is -0.365 e. The van der Waals surface area contributed by atoms with E-state index in [2.05, 4.69) is 10.1 Å². The van der Waals surface area contributed by atoms with Crippen LogP contribution in [-0.4, -0.2) is 26.5 Å². The number of hydrogen-bond acceptors (Lipinski definition) is 4. The van der Waals surface area contributed by atoms with Crippen LogP contribution in [0, 0.1) is 6.92 Å². The van der Waals surface area contributed by atoms with Gasteiger partial charge in [-0.15, -0.1) is 0 Å². The Balaban J connectivity index is 2.16. The molecule has 0 bridgehead atoms. The van der Waals surface area contributed by atoms with Crippen LogP contribution < -0.4 is 5.73 Å². The van der Waals surface area contributed by atoms with Crippen LogP contribution in [-0.2, 0) is 11.2 Å². The Morgan fingerprint density at radius 1 is 1.27 bits per heavy atom. The minimum atomic E-state index is -0.596. The van der Waals surface area contributed by atoms with Gasteiger partial charge in [-0.25, -0.2) is 4.68 Å². The second-order valence-electron chi connectivity index (χ2n) is 6.02. The number of nitrogens with two attached hydrogens (primary N) is 1. The normalized spacial score (nSPS) is 10.7. The van der Waals surface area contributed by atoms with Crippen molar-refractivity contribution in [3.05, 3.63) is 64.6 Å². The molecule has 3 rings (SSSR count). The van der Waals surface area contributed by atoms with Crippen LogP contribution in [0.1, 0.15) is 28.5 Å². The van der Waals surface area contributed by atoms with E-state index in [1.54, 1.807) is 41.3 Å². The van der Waals surface area contributed by atoms with Crippen molar-refractivity contribution in [1.29, 1.82) is 0 Å². The molecule has 0 aliphatic carbocycles. The second-order valence-corrected chi connectivity index (χ2v) is 6.43. The monoisotopic (exact) mass is 368 g/mol. The fraction of sp³-hybridized carbons (Fsp3) is 0.158. The van der Waals surface area contributed by atoms with Crippen molar-refractivity contribution >= 4 is 23.3 Å². The molecule has 0 saturated heterocycles. The average Bonchev–Trinajstić information content (AvgIpc) is 3.01. The maximum atomic E-state index is 11.9. The third-order valence-electron chi connectivity index (χ3n) is 3.92. The summed E-state index contributed by atoms with van der Waals surface area (Å²) in [6.07, 6.45) is 3.48. The van der Waals surface area contributed by atoms with Crippen LogP contribution in [0.3, 0.4) is 0 Å². The third kappa shape index (κ3) is 3.50. The van der Waals surface area contributed by atoms with Crippen LogP contribution >= 0.6 is 11.6 Å². The van der Waals surface area contributed by atoms with Crippen LogP contribution in [0.25, 0.3) is 16.9 Å². The van der Waals surface area contributed by atoms with Crippen molar-refractivity contribution < 1.29 is 9.59 Å². The molecule has 0 fully saturated rings. The highest BCUT2D eigenvalue weighted by Gasteiger charge is 2.19. The van der Waals surface area contributed by atoms with E-state index in [4.69, 9.17) is 17.3 Å². The topological polar surface area (TPSA) is 90.9 Å². The van der Waals surface area contributed by atoms with Gasteiger partial charge in [0.05, 0.1) is 16.3 Å². The molecule has 0 unspecified atom stereocenters. The molecular weight excluding hydrogens is 352 g/mol. The Labute approximate surface area is 155 Å². The van der Waals surface area contributed by atoms with Gasteiger partial charge in [0.2, 0.25) is 0 Å². The number of aryl methyl sites for hydroxylation is 1. The number of aromatic nitrogens is 3. The predicted octanol–water partition coefficient (Wildman–Crippen LogP) is 3.13. The van der Waals surface area contributed by atoms with Crippen molar-refractivity contribution in [2.45, 2.75) is 20.3 Å². The quantitative estimate of drug-likeness (QED) is 0.749. The Morgan fingerprint density at radius 2 is 2.00 bits per heavy atom. The standard InChI is InChI=1S/C19H17ClN4O2/c1-11-9-22-13(7-12(2)25)8-17(11)24-10-15(19(21)26)18(23-24)14-5-3-4-6-16(14)20/h3-6,8-10H,7H2,1-2H3,(H2,21,26). The SMILES string of the molecule is CC(=O)Cc1cc(-n2cc(C(N)=O)c(-c3ccccc3Cl)n2)c(C)cn1. The smallest absolute Gasteiger partial charge is 0.252 e. The van der Waals surface area contributed by atoms with Gasteiger partial charge in [0.25, 0.3) is 5.91 Å². The molecule has 0 saturated carbocycles. The molecule has 1 aromatic carbocycles. The van der Waals surface area contributed by atoms with Gasteiger partial charge < -0.3 is 5.73 Å². The molecule has 2 aromatic heterocycles. The van der Waals surface area contributed by atoms with E-state index < -0.39 is 5.91 Å². The summed E-state index contributed by atoms with van der Waals surface area (Å²) in [7, 11) is 0. The lowest BCUT2D eigenvalue weighted by atomic mass is 10.1.